The summed E-state index contributed by atoms with van der Waals surface area (Å²) in [6.07, 6.45) is 1.03. The van der Waals surface area contributed by atoms with E-state index in [9.17, 15) is 0 Å². The van der Waals surface area contributed by atoms with Gasteiger partial charge in [-0.15, -0.1) is 10.2 Å². The zero-order chi connectivity index (χ0) is 12.1. The first-order valence-corrected chi connectivity index (χ1v) is 5.97. The second-order valence-electron chi connectivity index (χ2n) is 3.72. The van der Waals surface area contributed by atoms with E-state index in [0.29, 0.717) is 5.15 Å². The van der Waals surface area contributed by atoms with Crippen molar-refractivity contribution in [3.8, 4) is 0 Å². The Balaban J connectivity index is 2.04. The zero-order valence-electron chi connectivity index (χ0n) is 9.65. The number of hydrogen-bond donors (Lipinski definition) is 1. The summed E-state index contributed by atoms with van der Waals surface area (Å²) >= 11 is 5.68. The van der Waals surface area contributed by atoms with Crippen molar-refractivity contribution in [3.05, 3.63) is 52.7 Å². The molecule has 0 bridgehead atoms. The minimum atomic E-state index is 0.407. The number of nitrogens with one attached hydrogen (secondary N) is 1. The van der Waals surface area contributed by atoms with Crippen LogP contribution in [0.3, 0.4) is 0 Å². The topological polar surface area (TPSA) is 37.8 Å². The van der Waals surface area contributed by atoms with E-state index in [2.05, 4.69) is 40.6 Å². The van der Waals surface area contributed by atoms with Gasteiger partial charge in [0.1, 0.15) is 5.82 Å². The number of benzene rings is 1. The molecule has 0 fully saturated rings. The summed E-state index contributed by atoms with van der Waals surface area (Å²) in [5, 5.41) is 11.4. The van der Waals surface area contributed by atoms with Gasteiger partial charge in [-0.2, -0.15) is 0 Å². The molecule has 3 nitrogen and oxygen atoms in total. The molecule has 0 spiro atoms. The third-order valence-electron chi connectivity index (χ3n) is 2.59. The minimum Gasteiger partial charge on any atom is -0.364 e. The van der Waals surface area contributed by atoms with Crippen LogP contribution in [-0.2, 0) is 13.0 Å². The number of hydrogen-bond acceptors (Lipinski definition) is 3. The van der Waals surface area contributed by atoms with Crippen LogP contribution in [0.4, 0.5) is 5.82 Å². The zero-order valence-corrected chi connectivity index (χ0v) is 10.4. The van der Waals surface area contributed by atoms with Gasteiger partial charge in [0.25, 0.3) is 0 Å². The molecule has 0 aliphatic carbocycles. The Labute approximate surface area is 106 Å². The molecule has 0 unspecified atom stereocenters. The molecule has 17 heavy (non-hydrogen) atoms. The maximum Gasteiger partial charge on any atom is 0.151 e. The number of aryl methyl sites for hydroxylation is 1. The molecule has 0 saturated heterocycles. The van der Waals surface area contributed by atoms with Crippen molar-refractivity contribution < 1.29 is 0 Å². The van der Waals surface area contributed by atoms with Crippen LogP contribution in [-0.4, -0.2) is 10.2 Å². The average molecular weight is 248 g/mol. The summed E-state index contributed by atoms with van der Waals surface area (Å²) in [4.78, 5) is 0. The van der Waals surface area contributed by atoms with Gasteiger partial charge in [0.2, 0.25) is 0 Å². The summed E-state index contributed by atoms with van der Waals surface area (Å²) in [5.41, 5.74) is 2.63. The van der Waals surface area contributed by atoms with Crippen LogP contribution in [0.5, 0.6) is 0 Å². The van der Waals surface area contributed by atoms with Crippen molar-refractivity contribution in [2.75, 3.05) is 5.32 Å². The third-order valence-corrected chi connectivity index (χ3v) is 2.79. The van der Waals surface area contributed by atoms with Crippen LogP contribution in [0.2, 0.25) is 5.15 Å². The van der Waals surface area contributed by atoms with Crippen LogP contribution in [0.25, 0.3) is 0 Å². The molecule has 0 radical (unpaired) electrons. The summed E-state index contributed by atoms with van der Waals surface area (Å²) < 4.78 is 0. The molecule has 0 saturated carbocycles. The predicted octanol–water partition coefficient (Wildman–Crippen LogP) is 3.30. The molecule has 1 heterocycles. The average Bonchev–Trinajstić information content (AvgIpc) is 2.38. The molecule has 0 atom stereocenters. The van der Waals surface area contributed by atoms with E-state index < -0.39 is 0 Å². The van der Waals surface area contributed by atoms with Crippen LogP contribution in [0, 0.1) is 0 Å². The molecule has 1 aromatic carbocycles. The predicted molar refractivity (Wildman–Crippen MR) is 70.2 cm³/mol. The maximum absolute atomic E-state index is 5.68. The van der Waals surface area contributed by atoms with Gasteiger partial charge in [-0.05, 0) is 29.7 Å². The van der Waals surface area contributed by atoms with Crippen molar-refractivity contribution in [1.82, 2.24) is 10.2 Å². The quantitative estimate of drug-likeness (QED) is 0.901. The molecule has 1 N–H and O–H groups in total. The van der Waals surface area contributed by atoms with Gasteiger partial charge in [-0.25, -0.2) is 0 Å². The van der Waals surface area contributed by atoms with E-state index in [0.717, 1.165) is 18.8 Å². The molecule has 2 rings (SSSR count). The molecule has 1 aromatic heterocycles. The van der Waals surface area contributed by atoms with Gasteiger partial charge < -0.3 is 5.32 Å². The molecular formula is C13H14ClN3. The van der Waals surface area contributed by atoms with Gasteiger partial charge in [0.15, 0.2) is 5.15 Å². The van der Waals surface area contributed by atoms with Crippen molar-refractivity contribution in [2.45, 2.75) is 19.9 Å². The van der Waals surface area contributed by atoms with Crippen molar-refractivity contribution in [3.63, 3.8) is 0 Å². The lowest BCUT2D eigenvalue weighted by Crippen LogP contribution is -2.04. The van der Waals surface area contributed by atoms with Crippen LogP contribution >= 0.6 is 11.6 Å². The van der Waals surface area contributed by atoms with Crippen molar-refractivity contribution in [2.24, 2.45) is 0 Å². The fraction of sp³-hybridized carbons (Fsp3) is 0.231. The van der Waals surface area contributed by atoms with E-state index in [1.54, 1.807) is 6.07 Å². The Kier molecular flexibility index (Phi) is 3.94. The van der Waals surface area contributed by atoms with Crippen molar-refractivity contribution >= 4 is 17.4 Å². The monoisotopic (exact) mass is 247 g/mol. The fourth-order valence-electron chi connectivity index (χ4n) is 1.67. The summed E-state index contributed by atoms with van der Waals surface area (Å²) in [6.45, 7) is 2.90. The smallest absolute Gasteiger partial charge is 0.151 e. The highest BCUT2D eigenvalue weighted by Crippen LogP contribution is 2.12. The van der Waals surface area contributed by atoms with E-state index in [1.807, 2.05) is 12.1 Å². The molecule has 0 aliphatic heterocycles. The lowest BCUT2D eigenvalue weighted by Gasteiger charge is -2.09. The fourth-order valence-corrected chi connectivity index (χ4v) is 1.77. The van der Waals surface area contributed by atoms with Crippen LogP contribution in [0.1, 0.15) is 18.1 Å². The Hall–Kier alpha value is -1.61. The largest absolute Gasteiger partial charge is 0.364 e. The lowest BCUT2D eigenvalue weighted by molar-refractivity contribution is 0.985. The van der Waals surface area contributed by atoms with Gasteiger partial charge in [-0.3, -0.25) is 0 Å². The highest BCUT2D eigenvalue weighted by molar-refractivity contribution is 6.29. The highest BCUT2D eigenvalue weighted by atomic mass is 35.5. The first-order chi connectivity index (χ1) is 8.29. The number of halogens is 1. The number of aromatic nitrogens is 2. The minimum absolute atomic E-state index is 0.407. The van der Waals surface area contributed by atoms with Crippen LogP contribution in [0.15, 0.2) is 36.4 Å². The molecule has 4 heteroatoms. The first-order valence-electron chi connectivity index (χ1n) is 5.59. The molecule has 0 aliphatic rings. The Morgan fingerprint density at radius 3 is 2.47 bits per heavy atom. The Bertz CT molecular complexity index is 482. The van der Waals surface area contributed by atoms with Crippen LogP contribution < -0.4 is 5.32 Å². The summed E-state index contributed by atoms with van der Waals surface area (Å²) in [5.74, 6) is 0.736. The van der Waals surface area contributed by atoms with Crippen molar-refractivity contribution in [1.29, 1.82) is 0 Å². The van der Waals surface area contributed by atoms with E-state index in [-0.39, 0.29) is 0 Å². The van der Waals surface area contributed by atoms with E-state index in [1.165, 1.54) is 11.1 Å². The summed E-state index contributed by atoms with van der Waals surface area (Å²) in [6, 6.07) is 11.9. The number of nitrogens with zero attached hydrogens (tertiary/aromatic N) is 2. The second kappa shape index (κ2) is 5.64. The normalized spacial score (nSPS) is 10.2. The lowest BCUT2D eigenvalue weighted by atomic mass is 10.1. The standard InChI is InChI=1S/C13H14ClN3/c1-2-10-5-3-4-6-11(10)9-15-13-8-7-12(14)16-17-13/h3-8H,2,9H2,1H3,(H,15,17). The first kappa shape index (κ1) is 11.9. The summed E-state index contributed by atoms with van der Waals surface area (Å²) in [7, 11) is 0. The Morgan fingerprint density at radius 1 is 1.06 bits per heavy atom. The SMILES string of the molecule is CCc1ccccc1CNc1ccc(Cl)nn1. The second-order valence-corrected chi connectivity index (χ2v) is 4.10. The van der Waals surface area contributed by atoms with E-state index >= 15 is 0 Å². The number of rotatable bonds is 4. The molecular weight excluding hydrogens is 234 g/mol. The van der Waals surface area contributed by atoms with Gasteiger partial charge in [0.05, 0.1) is 0 Å². The van der Waals surface area contributed by atoms with Gasteiger partial charge in [0, 0.05) is 6.54 Å². The molecule has 2 aromatic rings. The molecule has 88 valence electrons. The van der Waals surface area contributed by atoms with Gasteiger partial charge >= 0.3 is 0 Å². The highest BCUT2D eigenvalue weighted by Gasteiger charge is 2.00. The van der Waals surface area contributed by atoms with Gasteiger partial charge in [-0.1, -0.05) is 42.8 Å². The Morgan fingerprint density at radius 2 is 1.82 bits per heavy atom. The van der Waals surface area contributed by atoms with E-state index in [4.69, 9.17) is 11.6 Å². The third kappa shape index (κ3) is 3.17. The number of anilines is 1. The maximum atomic E-state index is 5.68. The molecule has 0 amide bonds.